The van der Waals surface area contributed by atoms with E-state index in [-0.39, 0.29) is 17.4 Å². The fraction of sp³-hybridized carbons (Fsp3) is 0.188. The van der Waals surface area contributed by atoms with Gasteiger partial charge in [0, 0.05) is 37.1 Å². The summed E-state index contributed by atoms with van der Waals surface area (Å²) in [6.07, 6.45) is -3.68. The van der Waals surface area contributed by atoms with Gasteiger partial charge in [0.25, 0.3) is 5.91 Å². The third-order valence-electron chi connectivity index (χ3n) is 3.28. The van der Waals surface area contributed by atoms with Gasteiger partial charge >= 0.3 is 6.29 Å². The zero-order chi connectivity index (χ0) is 16.6. The molecule has 0 aliphatic carbocycles. The fourth-order valence-corrected chi connectivity index (χ4v) is 2.16. The fourth-order valence-electron chi connectivity index (χ4n) is 2.16. The molecule has 0 aromatic heterocycles. The molecular weight excluding hydrogens is 306 g/mol. The van der Waals surface area contributed by atoms with Gasteiger partial charge in [-0.25, -0.2) is 0 Å². The number of halogens is 2. The van der Waals surface area contributed by atoms with Crippen molar-refractivity contribution in [2.24, 2.45) is 0 Å². The second-order valence-electron chi connectivity index (χ2n) is 5.23. The number of anilines is 2. The molecule has 3 rings (SSSR count). The molecule has 0 saturated carbocycles. The predicted molar refractivity (Wildman–Crippen MR) is 81.4 cm³/mol. The smallest absolute Gasteiger partial charge is 0.395 e. The van der Waals surface area contributed by atoms with Crippen molar-refractivity contribution in [2.45, 2.75) is 6.29 Å². The summed E-state index contributed by atoms with van der Waals surface area (Å²) in [5, 5.41) is 2.64. The van der Waals surface area contributed by atoms with Crippen molar-refractivity contribution in [3.05, 3.63) is 48.0 Å². The number of hydrogen-bond acceptors (Lipinski definition) is 4. The van der Waals surface area contributed by atoms with Crippen molar-refractivity contribution in [1.82, 2.24) is 0 Å². The lowest BCUT2D eigenvalue weighted by Gasteiger charge is -2.13. The third kappa shape index (κ3) is 3.18. The van der Waals surface area contributed by atoms with Crippen LogP contribution < -0.4 is 19.7 Å². The van der Waals surface area contributed by atoms with Gasteiger partial charge in [0.2, 0.25) is 0 Å². The summed E-state index contributed by atoms with van der Waals surface area (Å²) in [5.74, 6) is -0.531. The Balaban J connectivity index is 1.78. The van der Waals surface area contributed by atoms with Crippen LogP contribution in [0.2, 0.25) is 0 Å². The maximum absolute atomic E-state index is 13.0. The molecule has 1 N–H and O–H groups in total. The van der Waals surface area contributed by atoms with E-state index in [9.17, 15) is 13.6 Å². The summed E-state index contributed by atoms with van der Waals surface area (Å²) >= 11 is 0. The first kappa shape index (κ1) is 15.1. The van der Waals surface area contributed by atoms with Crippen LogP contribution in [-0.2, 0) is 0 Å². The van der Waals surface area contributed by atoms with Crippen LogP contribution in [0.25, 0.3) is 0 Å². The van der Waals surface area contributed by atoms with Crippen LogP contribution in [0.15, 0.2) is 42.5 Å². The van der Waals surface area contributed by atoms with Crippen LogP contribution in [0.4, 0.5) is 20.2 Å². The SMILES string of the molecule is CN(C)c1cccc(C(=O)Nc2ccc3c(c2)OC(F)(F)O3)c1. The van der Waals surface area contributed by atoms with Gasteiger partial charge in [-0.2, -0.15) is 0 Å². The van der Waals surface area contributed by atoms with E-state index in [4.69, 9.17) is 0 Å². The highest BCUT2D eigenvalue weighted by atomic mass is 19.3. The summed E-state index contributed by atoms with van der Waals surface area (Å²) in [5.41, 5.74) is 1.67. The molecule has 0 spiro atoms. The number of alkyl halides is 2. The highest BCUT2D eigenvalue weighted by molar-refractivity contribution is 6.05. The molecule has 0 radical (unpaired) electrons. The van der Waals surface area contributed by atoms with Gasteiger partial charge in [0.05, 0.1) is 0 Å². The first-order valence-electron chi connectivity index (χ1n) is 6.83. The molecule has 1 heterocycles. The van der Waals surface area contributed by atoms with Crippen molar-refractivity contribution >= 4 is 17.3 Å². The van der Waals surface area contributed by atoms with Gasteiger partial charge in [0.15, 0.2) is 11.5 Å². The van der Waals surface area contributed by atoms with Crippen LogP contribution in [0.1, 0.15) is 10.4 Å². The van der Waals surface area contributed by atoms with Crippen molar-refractivity contribution < 1.29 is 23.0 Å². The van der Waals surface area contributed by atoms with Gasteiger partial charge in [-0.05, 0) is 30.3 Å². The number of ether oxygens (including phenoxy) is 2. The molecule has 23 heavy (non-hydrogen) atoms. The average Bonchev–Trinajstić information content (AvgIpc) is 2.80. The van der Waals surface area contributed by atoms with Crippen LogP contribution >= 0.6 is 0 Å². The lowest BCUT2D eigenvalue weighted by atomic mass is 10.1. The Bertz CT molecular complexity index is 763. The maximum Gasteiger partial charge on any atom is 0.586 e. The van der Waals surface area contributed by atoms with E-state index in [1.165, 1.54) is 18.2 Å². The first-order valence-corrected chi connectivity index (χ1v) is 6.83. The van der Waals surface area contributed by atoms with E-state index in [1.807, 2.05) is 25.1 Å². The first-order chi connectivity index (χ1) is 10.8. The number of nitrogens with zero attached hydrogens (tertiary/aromatic N) is 1. The molecule has 1 amide bonds. The number of hydrogen-bond donors (Lipinski definition) is 1. The number of rotatable bonds is 3. The lowest BCUT2D eigenvalue weighted by molar-refractivity contribution is -0.286. The summed E-state index contributed by atoms with van der Waals surface area (Å²) < 4.78 is 34.6. The molecule has 5 nitrogen and oxygen atoms in total. The van der Waals surface area contributed by atoms with Crippen LogP contribution in [-0.4, -0.2) is 26.3 Å². The Kier molecular flexibility index (Phi) is 3.55. The quantitative estimate of drug-likeness (QED) is 0.942. The highest BCUT2D eigenvalue weighted by Gasteiger charge is 2.43. The molecule has 0 unspecified atom stereocenters. The molecule has 1 aliphatic rings. The average molecular weight is 320 g/mol. The molecule has 0 bridgehead atoms. The monoisotopic (exact) mass is 320 g/mol. The number of benzene rings is 2. The Labute approximate surface area is 131 Å². The lowest BCUT2D eigenvalue weighted by Crippen LogP contribution is -2.25. The van der Waals surface area contributed by atoms with Crippen LogP contribution in [0.3, 0.4) is 0 Å². The molecule has 0 fully saturated rings. The van der Waals surface area contributed by atoms with E-state index < -0.39 is 6.29 Å². The Morgan fingerprint density at radius 1 is 1.09 bits per heavy atom. The minimum Gasteiger partial charge on any atom is -0.395 e. The standard InChI is InChI=1S/C16H14F2N2O3/c1-20(2)12-5-3-4-10(8-12)15(21)19-11-6-7-13-14(9-11)23-16(17,18)22-13/h3-9H,1-2H3,(H,19,21). The molecular formula is C16H14F2N2O3. The van der Waals surface area contributed by atoms with E-state index in [2.05, 4.69) is 14.8 Å². The normalized spacial score (nSPS) is 14.4. The Morgan fingerprint density at radius 2 is 1.83 bits per heavy atom. The van der Waals surface area contributed by atoms with E-state index >= 15 is 0 Å². The zero-order valence-electron chi connectivity index (χ0n) is 12.5. The van der Waals surface area contributed by atoms with Gasteiger partial charge < -0.3 is 19.7 Å². The summed E-state index contributed by atoms with van der Waals surface area (Å²) in [6, 6.07) is 11.1. The summed E-state index contributed by atoms with van der Waals surface area (Å²) in [6.45, 7) is 0. The number of nitrogens with one attached hydrogen (secondary N) is 1. The van der Waals surface area contributed by atoms with Gasteiger partial charge in [-0.15, -0.1) is 8.78 Å². The highest BCUT2D eigenvalue weighted by Crippen LogP contribution is 2.42. The van der Waals surface area contributed by atoms with Crippen LogP contribution in [0, 0.1) is 0 Å². The second-order valence-corrected chi connectivity index (χ2v) is 5.23. The third-order valence-corrected chi connectivity index (χ3v) is 3.28. The van der Waals surface area contributed by atoms with Gasteiger partial charge in [-0.1, -0.05) is 6.07 Å². The van der Waals surface area contributed by atoms with Crippen molar-refractivity contribution in [1.29, 1.82) is 0 Å². The molecule has 2 aromatic rings. The van der Waals surface area contributed by atoms with Gasteiger partial charge in [-0.3, -0.25) is 4.79 Å². The van der Waals surface area contributed by atoms with E-state index in [1.54, 1.807) is 18.2 Å². The second kappa shape index (κ2) is 5.42. The van der Waals surface area contributed by atoms with E-state index in [0.717, 1.165) is 5.69 Å². The number of fused-ring (bicyclic) bond motifs is 1. The maximum atomic E-state index is 13.0. The molecule has 2 aromatic carbocycles. The molecule has 1 aliphatic heterocycles. The molecule has 7 heteroatoms. The van der Waals surface area contributed by atoms with Crippen LogP contribution in [0.5, 0.6) is 11.5 Å². The predicted octanol–water partition coefficient (Wildman–Crippen LogP) is 3.33. The van der Waals surface area contributed by atoms with Gasteiger partial charge in [0.1, 0.15) is 0 Å². The molecule has 120 valence electrons. The topological polar surface area (TPSA) is 50.8 Å². The van der Waals surface area contributed by atoms with E-state index in [0.29, 0.717) is 11.3 Å². The summed E-state index contributed by atoms with van der Waals surface area (Å²) in [7, 11) is 3.74. The number of carbonyl (C=O) groups excluding carboxylic acids is 1. The minimum atomic E-state index is -3.68. The number of amides is 1. The Hall–Kier alpha value is -2.83. The van der Waals surface area contributed by atoms with Crippen molar-refractivity contribution in [2.75, 3.05) is 24.3 Å². The summed E-state index contributed by atoms with van der Waals surface area (Å²) in [4.78, 5) is 14.1. The zero-order valence-corrected chi connectivity index (χ0v) is 12.5. The minimum absolute atomic E-state index is 0.0670. The van der Waals surface area contributed by atoms with Crippen molar-refractivity contribution in [3.8, 4) is 11.5 Å². The van der Waals surface area contributed by atoms with Crippen molar-refractivity contribution in [3.63, 3.8) is 0 Å². The largest absolute Gasteiger partial charge is 0.586 e. The number of carbonyl (C=O) groups is 1. The molecule has 0 atom stereocenters. The molecule has 0 saturated heterocycles. The Morgan fingerprint density at radius 3 is 2.57 bits per heavy atom.